The molecule has 2 unspecified atom stereocenters. The van der Waals surface area contributed by atoms with Gasteiger partial charge in [0.1, 0.15) is 31.0 Å². The van der Waals surface area contributed by atoms with E-state index in [0.29, 0.717) is 5.92 Å². The number of carbonyl (C=O) groups is 1. The topological polar surface area (TPSA) is 127 Å². The SMILES string of the molecule is C/C(=C\CC(=O)OC[C@H](O)[C@H](O)[C@@H](O)[C@@H](O)CO)CCCC(C)CCCC(C)CCCC(C)C. The van der Waals surface area contributed by atoms with Crippen LogP contribution in [0.25, 0.3) is 0 Å². The van der Waals surface area contributed by atoms with Gasteiger partial charge in [-0.25, -0.2) is 0 Å². The second kappa shape index (κ2) is 19.2. The number of aliphatic hydroxyl groups excluding tert-OH is 5. The van der Waals surface area contributed by atoms with E-state index in [0.717, 1.165) is 30.3 Å². The molecule has 0 saturated heterocycles. The molecule has 202 valence electrons. The number of ether oxygens (including phenoxy) is 1. The van der Waals surface area contributed by atoms with Crippen LogP contribution < -0.4 is 0 Å². The van der Waals surface area contributed by atoms with Crippen molar-refractivity contribution >= 4 is 5.97 Å². The molecule has 0 saturated carbocycles. The lowest BCUT2D eigenvalue weighted by Gasteiger charge is -2.25. The quantitative estimate of drug-likeness (QED) is 0.130. The molecule has 0 aromatic rings. The summed E-state index contributed by atoms with van der Waals surface area (Å²) in [6.45, 7) is 9.99. The molecule has 0 heterocycles. The Morgan fingerprint density at radius 3 is 1.82 bits per heavy atom. The first-order valence-corrected chi connectivity index (χ1v) is 13.1. The Kier molecular flexibility index (Phi) is 18.7. The fourth-order valence-corrected chi connectivity index (χ4v) is 3.97. The Balaban J connectivity index is 3.99. The number of hydrogen-bond acceptors (Lipinski definition) is 7. The molecule has 0 radical (unpaired) electrons. The number of rotatable bonds is 20. The van der Waals surface area contributed by atoms with Crippen LogP contribution in [0, 0.1) is 17.8 Å². The predicted molar refractivity (Wildman–Crippen MR) is 135 cm³/mol. The summed E-state index contributed by atoms with van der Waals surface area (Å²) >= 11 is 0. The number of carbonyl (C=O) groups excluding carboxylic acids is 1. The van der Waals surface area contributed by atoms with Crippen LogP contribution in [0.3, 0.4) is 0 Å². The van der Waals surface area contributed by atoms with Gasteiger partial charge in [0.25, 0.3) is 0 Å². The average Bonchev–Trinajstić information content (AvgIpc) is 2.79. The van der Waals surface area contributed by atoms with E-state index in [1.165, 1.54) is 44.9 Å². The van der Waals surface area contributed by atoms with E-state index in [9.17, 15) is 25.2 Å². The molecule has 0 amide bonds. The molecule has 0 spiro atoms. The van der Waals surface area contributed by atoms with Crippen LogP contribution in [0.2, 0.25) is 0 Å². The molecule has 0 bridgehead atoms. The monoisotopic (exact) mass is 488 g/mol. The van der Waals surface area contributed by atoms with Gasteiger partial charge >= 0.3 is 5.97 Å². The van der Waals surface area contributed by atoms with Gasteiger partial charge in [0, 0.05) is 0 Å². The summed E-state index contributed by atoms with van der Waals surface area (Å²) in [7, 11) is 0. The predicted octanol–water partition coefficient (Wildman–Crippen LogP) is 3.74. The van der Waals surface area contributed by atoms with Crippen LogP contribution in [-0.4, -0.2) is 69.1 Å². The molecule has 7 heteroatoms. The lowest BCUT2D eigenvalue weighted by molar-refractivity contribution is -0.155. The van der Waals surface area contributed by atoms with Gasteiger partial charge in [-0.3, -0.25) is 4.79 Å². The highest BCUT2D eigenvalue weighted by Gasteiger charge is 2.30. The van der Waals surface area contributed by atoms with Gasteiger partial charge in [0.15, 0.2) is 0 Å². The Labute approximate surface area is 207 Å². The summed E-state index contributed by atoms with van der Waals surface area (Å²) in [5.74, 6) is 1.78. The molecule has 6 atom stereocenters. The molecule has 0 aromatic heterocycles. The number of esters is 1. The van der Waals surface area contributed by atoms with Crippen molar-refractivity contribution in [2.75, 3.05) is 13.2 Å². The average molecular weight is 489 g/mol. The first-order chi connectivity index (χ1) is 16.0. The standard InChI is InChI=1S/C27H52O7/c1-19(2)9-6-10-20(3)11-7-12-21(4)13-8-14-22(5)15-16-25(31)34-18-24(30)27(33)26(32)23(29)17-28/h15,19-21,23-24,26-30,32-33H,6-14,16-18H2,1-5H3/b22-15+/t20?,21?,23-,24-,26-,27-/m0/s1. The molecule has 0 fully saturated rings. The zero-order valence-electron chi connectivity index (χ0n) is 22.2. The molecule has 0 aliphatic rings. The maximum absolute atomic E-state index is 11.9. The van der Waals surface area contributed by atoms with Gasteiger partial charge in [-0.1, -0.05) is 84.3 Å². The largest absolute Gasteiger partial charge is 0.463 e. The Morgan fingerprint density at radius 2 is 1.29 bits per heavy atom. The minimum Gasteiger partial charge on any atom is -0.463 e. The lowest BCUT2D eigenvalue weighted by atomic mass is 9.91. The van der Waals surface area contributed by atoms with E-state index in [2.05, 4.69) is 27.7 Å². The van der Waals surface area contributed by atoms with Gasteiger partial charge in [-0.15, -0.1) is 0 Å². The van der Waals surface area contributed by atoms with Crippen molar-refractivity contribution in [1.29, 1.82) is 0 Å². The normalized spacial score (nSPS) is 17.8. The highest BCUT2D eigenvalue weighted by molar-refractivity contribution is 5.71. The van der Waals surface area contributed by atoms with Crippen molar-refractivity contribution in [2.24, 2.45) is 17.8 Å². The van der Waals surface area contributed by atoms with E-state index in [4.69, 9.17) is 9.84 Å². The number of aliphatic hydroxyl groups is 5. The molecule has 0 aliphatic carbocycles. The maximum Gasteiger partial charge on any atom is 0.309 e. The zero-order valence-corrected chi connectivity index (χ0v) is 22.2. The molecular weight excluding hydrogens is 436 g/mol. The Hall–Kier alpha value is -0.990. The second-order valence-corrected chi connectivity index (χ2v) is 10.6. The summed E-state index contributed by atoms with van der Waals surface area (Å²) in [5.41, 5.74) is 1.12. The molecule has 7 nitrogen and oxygen atoms in total. The van der Waals surface area contributed by atoms with Crippen molar-refractivity contribution in [3.8, 4) is 0 Å². The van der Waals surface area contributed by atoms with E-state index in [1.54, 1.807) is 0 Å². The number of hydrogen-bond donors (Lipinski definition) is 5. The summed E-state index contributed by atoms with van der Waals surface area (Å²) in [5, 5.41) is 47.1. The van der Waals surface area contributed by atoms with Gasteiger partial charge in [0.05, 0.1) is 13.0 Å². The molecular formula is C27H52O7. The highest BCUT2D eigenvalue weighted by atomic mass is 16.5. The van der Waals surface area contributed by atoms with Crippen molar-refractivity contribution in [3.05, 3.63) is 11.6 Å². The van der Waals surface area contributed by atoms with Crippen LogP contribution >= 0.6 is 0 Å². The zero-order chi connectivity index (χ0) is 26.1. The van der Waals surface area contributed by atoms with E-state index >= 15 is 0 Å². The summed E-state index contributed by atoms with van der Waals surface area (Å²) in [6.07, 6.45) is 6.34. The van der Waals surface area contributed by atoms with Gasteiger partial charge in [-0.05, 0) is 37.5 Å². The molecule has 0 aromatic carbocycles. The third-order valence-corrected chi connectivity index (χ3v) is 6.50. The number of allylic oxidation sites excluding steroid dienone is 1. The summed E-state index contributed by atoms with van der Waals surface area (Å²) in [4.78, 5) is 11.9. The summed E-state index contributed by atoms with van der Waals surface area (Å²) in [6, 6.07) is 0. The van der Waals surface area contributed by atoms with Crippen molar-refractivity contribution in [1.82, 2.24) is 0 Å². The Morgan fingerprint density at radius 1 is 0.794 bits per heavy atom. The second-order valence-electron chi connectivity index (χ2n) is 10.6. The third kappa shape index (κ3) is 16.6. The molecule has 5 N–H and O–H groups in total. The van der Waals surface area contributed by atoms with Crippen molar-refractivity contribution in [2.45, 2.75) is 123 Å². The van der Waals surface area contributed by atoms with Crippen molar-refractivity contribution in [3.63, 3.8) is 0 Å². The van der Waals surface area contributed by atoms with Gasteiger partial charge in [-0.2, -0.15) is 0 Å². The maximum atomic E-state index is 11.9. The van der Waals surface area contributed by atoms with Crippen molar-refractivity contribution < 1.29 is 35.1 Å². The first-order valence-electron chi connectivity index (χ1n) is 13.1. The molecule has 34 heavy (non-hydrogen) atoms. The minimum absolute atomic E-state index is 0.0702. The fourth-order valence-electron chi connectivity index (χ4n) is 3.97. The Bertz CT molecular complexity index is 549. The fraction of sp³-hybridized carbons (Fsp3) is 0.889. The smallest absolute Gasteiger partial charge is 0.309 e. The third-order valence-electron chi connectivity index (χ3n) is 6.50. The van der Waals surface area contributed by atoms with Crippen LogP contribution in [-0.2, 0) is 9.53 Å². The van der Waals surface area contributed by atoms with E-state index in [1.807, 2.05) is 13.0 Å². The summed E-state index contributed by atoms with van der Waals surface area (Å²) < 4.78 is 4.93. The van der Waals surface area contributed by atoms with Gasteiger partial charge in [0.2, 0.25) is 0 Å². The van der Waals surface area contributed by atoms with Crippen LogP contribution in [0.4, 0.5) is 0 Å². The molecule has 0 rings (SSSR count). The minimum atomic E-state index is -1.73. The highest BCUT2D eigenvalue weighted by Crippen LogP contribution is 2.22. The van der Waals surface area contributed by atoms with Gasteiger partial charge < -0.3 is 30.3 Å². The van der Waals surface area contributed by atoms with Crippen LogP contribution in [0.5, 0.6) is 0 Å². The first kappa shape index (κ1) is 33.0. The van der Waals surface area contributed by atoms with Crippen LogP contribution in [0.15, 0.2) is 11.6 Å². The lowest BCUT2D eigenvalue weighted by Crippen LogP contribution is -2.47. The van der Waals surface area contributed by atoms with E-state index in [-0.39, 0.29) is 6.42 Å². The molecule has 0 aliphatic heterocycles. The van der Waals surface area contributed by atoms with E-state index < -0.39 is 43.6 Å². The van der Waals surface area contributed by atoms with Crippen LogP contribution in [0.1, 0.15) is 98.8 Å².